The van der Waals surface area contributed by atoms with Gasteiger partial charge in [0.05, 0.1) is 6.54 Å². The molecule has 1 heterocycles. The number of nitrogens with one attached hydrogen (secondary N) is 1. The van der Waals surface area contributed by atoms with E-state index in [0.29, 0.717) is 5.92 Å². The van der Waals surface area contributed by atoms with Crippen molar-refractivity contribution in [3.05, 3.63) is 0 Å². The number of carbonyl (C=O) groups is 2. The van der Waals surface area contributed by atoms with E-state index in [2.05, 4.69) is 5.32 Å². The summed E-state index contributed by atoms with van der Waals surface area (Å²) < 4.78 is 0. The highest BCUT2D eigenvalue weighted by atomic mass is 16.2. The highest BCUT2D eigenvalue weighted by molar-refractivity contribution is 5.95. The third-order valence-corrected chi connectivity index (χ3v) is 4.84. The van der Waals surface area contributed by atoms with E-state index in [4.69, 9.17) is 0 Å². The Morgan fingerprint density at radius 3 is 2.53 bits per heavy atom. The zero-order chi connectivity index (χ0) is 13.2. The van der Waals surface area contributed by atoms with Crippen molar-refractivity contribution in [2.75, 3.05) is 13.1 Å². The summed E-state index contributed by atoms with van der Waals surface area (Å²) in [5.74, 6) is 1.47. The fourth-order valence-electron chi connectivity index (χ4n) is 3.54. The van der Waals surface area contributed by atoms with Gasteiger partial charge in [-0.2, -0.15) is 0 Å². The summed E-state index contributed by atoms with van der Waals surface area (Å²) in [5, 5.41) is 2.86. The van der Waals surface area contributed by atoms with Crippen molar-refractivity contribution < 1.29 is 9.59 Å². The largest absolute Gasteiger partial charge is 0.342 e. The lowest BCUT2D eigenvalue weighted by atomic mass is 10.0. The molecule has 106 valence electrons. The standard InChI is InChI=1S/C15H24N2O2/c18-13-10-17(9-3-6-11-4-1-2-5-11)15(19)14(16-13)12-7-8-12/h11-12,14H,1-10H2,(H,16,18). The summed E-state index contributed by atoms with van der Waals surface area (Å²) >= 11 is 0. The van der Waals surface area contributed by atoms with Gasteiger partial charge in [0.15, 0.2) is 0 Å². The average molecular weight is 264 g/mol. The second-order valence-electron chi connectivity index (χ2n) is 6.44. The van der Waals surface area contributed by atoms with E-state index < -0.39 is 0 Å². The Kier molecular flexibility index (Phi) is 3.76. The van der Waals surface area contributed by atoms with Crippen molar-refractivity contribution in [1.82, 2.24) is 10.2 Å². The number of amides is 2. The predicted octanol–water partition coefficient (Wildman–Crippen LogP) is 1.69. The van der Waals surface area contributed by atoms with Crippen LogP contribution in [0.3, 0.4) is 0 Å². The molecule has 1 N–H and O–H groups in total. The number of hydrogen-bond acceptors (Lipinski definition) is 2. The monoisotopic (exact) mass is 264 g/mol. The van der Waals surface area contributed by atoms with E-state index in [0.717, 1.165) is 31.7 Å². The summed E-state index contributed by atoms with van der Waals surface area (Å²) in [5.41, 5.74) is 0. The lowest BCUT2D eigenvalue weighted by Crippen LogP contribution is -2.58. The molecule has 0 aromatic heterocycles. The molecule has 1 unspecified atom stereocenters. The zero-order valence-electron chi connectivity index (χ0n) is 11.6. The maximum absolute atomic E-state index is 12.3. The lowest BCUT2D eigenvalue weighted by molar-refractivity contribution is -0.145. The summed E-state index contributed by atoms with van der Waals surface area (Å²) in [7, 11) is 0. The van der Waals surface area contributed by atoms with Gasteiger partial charge in [-0.05, 0) is 37.5 Å². The Morgan fingerprint density at radius 2 is 1.84 bits per heavy atom. The molecule has 19 heavy (non-hydrogen) atoms. The van der Waals surface area contributed by atoms with Gasteiger partial charge in [0, 0.05) is 6.54 Å². The first-order chi connectivity index (χ1) is 9.24. The van der Waals surface area contributed by atoms with Crippen molar-refractivity contribution in [2.24, 2.45) is 11.8 Å². The van der Waals surface area contributed by atoms with Crippen LogP contribution in [-0.4, -0.2) is 35.8 Å². The van der Waals surface area contributed by atoms with Gasteiger partial charge in [0.1, 0.15) is 6.04 Å². The van der Waals surface area contributed by atoms with Crippen LogP contribution in [0, 0.1) is 11.8 Å². The van der Waals surface area contributed by atoms with Crippen molar-refractivity contribution in [2.45, 2.75) is 57.4 Å². The predicted molar refractivity (Wildman–Crippen MR) is 72.4 cm³/mol. The SMILES string of the molecule is O=C1CN(CCCC2CCCC2)C(=O)C(C2CC2)N1. The first-order valence-electron chi connectivity index (χ1n) is 7.82. The minimum Gasteiger partial charge on any atom is -0.342 e. The Labute approximate surface area is 114 Å². The molecule has 2 amide bonds. The first kappa shape index (κ1) is 12.9. The molecule has 2 aliphatic carbocycles. The number of carbonyl (C=O) groups excluding carboxylic acids is 2. The molecule has 1 atom stereocenters. The summed E-state index contributed by atoms with van der Waals surface area (Å²) in [6, 6.07) is -0.215. The van der Waals surface area contributed by atoms with Gasteiger partial charge in [-0.1, -0.05) is 25.7 Å². The van der Waals surface area contributed by atoms with E-state index in [9.17, 15) is 9.59 Å². The molecular weight excluding hydrogens is 240 g/mol. The zero-order valence-corrected chi connectivity index (χ0v) is 11.6. The van der Waals surface area contributed by atoms with Gasteiger partial charge in [0.25, 0.3) is 0 Å². The number of rotatable bonds is 5. The van der Waals surface area contributed by atoms with E-state index >= 15 is 0 Å². The van der Waals surface area contributed by atoms with Crippen molar-refractivity contribution in [3.8, 4) is 0 Å². The molecule has 0 aromatic carbocycles. The lowest BCUT2D eigenvalue weighted by Gasteiger charge is -2.32. The molecule has 0 bridgehead atoms. The summed E-state index contributed by atoms with van der Waals surface area (Å²) in [6.45, 7) is 1.04. The first-order valence-corrected chi connectivity index (χ1v) is 7.82. The Hall–Kier alpha value is -1.06. The Bertz CT molecular complexity index is 359. The maximum Gasteiger partial charge on any atom is 0.245 e. The van der Waals surface area contributed by atoms with Gasteiger partial charge >= 0.3 is 0 Å². The van der Waals surface area contributed by atoms with Crippen LogP contribution in [0.4, 0.5) is 0 Å². The maximum atomic E-state index is 12.3. The van der Waals surface area contributed by atoms with Crippen LogP contribution in [0.1, 0.15) is 51.4 Å². The number of hydrogen-bond donors (Lipinski definition) is 1. The summed E-state index contributed by atoms with van der Waals surface area (Å²) in [6.07, 6.45) is 9.93. The van der Waals surface area contributed by atoms with Crippen LogP contribution in [0.2, 0.25) is 0 Å². The fraction of sp³-hybridized carbons (Fsp3) is 0.867. The highest BCUT2D eigenvalue weighted by Gasteiger charge is 2.42. The fourth-order valence-corrected chi connectivity index (χ4v) is 3.54. The minimum absolute atomic E-state index is 0.0253. The van der Waals surface area contributed by atoms with Crippen LogP contribution >= 0.6 is 0 Å². The second-order valence-corrected chi connectivity index (χ2v) is 6.44. The van der Waals surface area contributed by atoms with Gasteiger partial charge in [-0.15, -0.1) is 0 Å². The molecule has 0 spiro atoms. The normalized spacial score (nSPS) is 28.8. The van der Waals surface area contributed by atoms with Gasteiger partial charge < -0.3 is 10.2 Å². The third-order valence-electron chi connectivity index (χ3n) is 4.84. The van der Waals surface area contributed by atoms with E-state index in [1.54, 1.807) is 4.90 Å². The molecule has 4 heteroatoms. The Balaban J connectivity index is 1.48. The molecule has 0 radical (unpaired) electrons. The van der Waals surface area contributed by atoms with Crippen molar-refractivity contribution >= 4 is 11.8 Å². The summed E-state index contributed by atoms with van der Waals surface area (Å²) in [4.78, 5) is 25.8. The molecule has 3 aliphatic rings. The minimum atomic E-state index is -0.215. The topological polar surface area (TPSA) is 49.4 Å². The molecule has 4 nitrogen and oxygen atoms in total. The third kappa shape index (κ3) is 3.10. The smallest absolute Gasteiger partial charge is 0.245 e. The molecule has 2 saturated carbocycles. The average Bonchev–Trinajstić information content (AvgIpc) is 3.10. The van der Waals surface area contributed by atoms with Crippen LogP contribution in [0.25, 0.3) is 0 Å². The van der Waals surface area contributed by atoms with Crippen molar-refractivity contribution in [3.63, 3.8) is 0 Å². The van der Waals surface area contributed by atoms with E-state index in [1.807, 2.05) is 0 Å². The number of piperazine rings is 1. The van der Waals surface area contributed by atoms with Crippen LogP contribution in [0.5, 0.6) is 0 Å². The van der Waals surface area contributed by atoms with Gasteiger partial charge in [-0.3, -0.25) is 9.59 Å². The van der Waals surface area contributed by atoms with Crippen LogP contribution < -0.4 is 5.32 Å². The second kappa shape index (κ2) is 5.51. The molecule has 1 aliphatic heterocycles. The van der Waals surface area contributed by atoms with Gasteiger partial charge in [-0.25, -0.2) is 0 Å². The van der Waals surface area contributed by atoms with Gasteiger partial charge in [0.2, 0.25) is 11.8 Å². The Morgan fingerprint density at radius 1 is 1.11 bits per heavy atom. The van der Waals surface area contributed by atoms with Crippen LogP contribution in [0.15, 0.2) is 0 Å². The molecule has 1 saturated heterocycles. The van der Waals surface area contributed by atoms with E-state index in [-0.39, 0.29) is 24.4 Å². The quantitative estimate of drug-likeness (QED) is 0.821. The highest BCUT2D eigenvalue weighted by Crippen LogP contribution is 2.34. The molecular formula is C15H24N2O2. The molecule has 3 fully saturated rings. The van der Waals surface area contributed by atoms with E-state index in [1.165, 1.54) is 32.1 Å². The number of nitrogens with zero attached hydrogens (tertiary/aromatic N) is 1. The molecule has 3 rings (SSSR count). The van der Waals surface area contributed by atoms with Crippen molar-refractivity contribution in [1.29, 1.82) is 0 Å². The van der Waals surface area contributed by atoms with Crippen LogP contribution in [-0.2, 0) is 9.59 Å². The molecule has 0 aromatic rings.